The summed E-state index contributed by atoms with van der Waals surface area (Å²) in [7, 11) is 0. The van der Waals surface area contributed by atoms with Crippen LogP contribution in [0, 0.1) is 6.92 Å². The van der Waals surface area contributed by atoms with E-state index in [1.807, 2.05) is 13.8 Å². The number of aryl methyl sites for hydroxylation is 2. The van der Waals surface area contributed by atoms with Crippen molar-refractivity contribution in [1.82, 2.24) is 14.9 Å². The molecule has 0 aliphatic heterocycles. The van der Waals surface area contributed by atoms with E-state index in [0.29, 0.717) is 0 Å². The first-order valence-electron chi connectivity index (χ1n) is 7.95. The van der Waals surface area contributed by atoms with E-state index in [2.05, 4.69) is 28.7 Å². The second kappa shape index (κ2) is 6.42. The summed E-state index contributed by atoms with van der Waals surface area (Å²) >= 11 is 0. The molecule has 112 valence electrons. The van der Waals surface area contributed by atoms with Gasteiger partial charge in [-0.1, -0.05) is 13.8 Å². The Hall–Kier alpha value is -1.32. The number of carbonyl (C=O) groups is 1. The van der Waals surface area contributed by atoms with E-state index in [0.717, 1.165) is 31.5 Å². The third-order valence-electron chi connectivity index (χ3n) is 4.45. The summed E-state index contributed by atoms with van der Waals surface area (Å²) < 4.78 is 2.15. The van der Waals surface area contributed by atoms with Crippen LogP contribution in [0.25, 0.3) is 0 Å². The lowest BCUT2D eigenvalue weighted by molar-refractivity contribution is -0.124. The van der Waals surface area contributed by atoms with Gasteiger partial charge in [-0.25, -0.2) is 4.98 Å². The number of nitrogens with one attached hydrogen (secondary N) is 1. The number of rotatable bonds is 5. The zero-order valence-electron chi connectivity index (χ0n) is 13.2. The van der Waals surface area contributed by atoms with Crippen molar-refractivity contribution in [2.75, 3.05) is 0 Å². The minimum Gasteiger partial charge on any atom is -0.352 e. The van der Waals surface area contributed by atoms with Crippen LogP contribution in [0.5, 0.6) is 0 Å². The summed E-state index contributed by atoms with van der Waals surface area (Å²) in [4.78, 5) is 17.1. The largest absolute Gasteiger partial charge is 0.352 e. The number of amides is 1. The molecule has 1 amide bonds. The number of hydrogen-bond acceptors (Lipinski definition) is 2. The van der Waals surface area contributed by atoms with Gasteiger partial charge in [0.2, 0.25) is 5.91 Å². The topological polar surface area (TPSA) is 46.9 Å². The lowest BCUT2D eigenvalue weighted by atomic mass is 10.0. The molecule has 1 aliphatic carbocycles. The van der Waals surface area contributed by atoms with Crippen LogP contribution in [0.15, 0.2) is 0 Å². The van der Waals surface area contributed by atoms with Gasteiger partial charge in [0, 0.05) is 11.7 Å². The predicted octanol–water partition coefficient (Wildman–Crippen LogP) is 2.94. The van der Waals surface area contributed by atoms with Crippen LogP contribution < -0.4 is 5.32 Å². The molecule has 0 spiro atoms. The van der Waals surface area contributed by atoms with Crippen LogP contribution in [0.4, 0.5) is 0 Å². The fourth-order valence-corrected chi connectivity index (χ4v) is 3.14. The van der Waals surface area contributed by atoms with E-state index in [1.165, 1.54) is 24.2 Å². The molecule has 1 heterocycles. The lowest BCUT2D eigenvalue weighted by Crippen LogP contribution is -2.39. The molecular weight excluding hydrogens is 250 g/mol. The van der Waals surface area contributed by atoms with Gasteiger partial charge in [0.1, 0.15) is 11.9 Å². The van der Waals surface area contributed by atoms with Crippen LogP contribution in [0.2, 0.25) is 0 Å². The summed E-state index contributed by atoms with van der Waals surface area (Å²) in [5, 5.41) is 3.15. The fourth-order valence-electron chi connectivity index (χ4n) is 3.14. The molecule has 0 fully saturated rings. The third-order valence-corrected chi connectivity index (χ3v) is 4.45. The molecule has 1 aromatic rings. The molecule has 1 aliphatic rings. The number of imidazole rings is 1. The zero-order chi connectivity index (χ0) is 14.7. The number of aromatic nitrogens is 2. The number of hydrogen-bond donors (Lipinski definition) is 1. The number of fused-ring (bicyclic) bond motifs is 1. The highest BCUT2D eigenvalue weighted by Gasteiger charge is 2.25. The molecule has 20 heavy (non-hydrogen) atoms. The minimum absolute atomic E-state index is 0.118. The molecule has 1 aromatic heterocycles. The first-order valence-corrected chi connectivity index (χ1v) is 7.95. The molecule has 4 nitrogen and oxygen atoms in total. The van der Waals surface area contributed by atoms with E-state index < -0.39 is 0 Å². The first kappa shape index (κ1) is 15.1. The molecule has 4 heteroatoms. The standard InChI is InChI=1S/C16H27N3O/c1-5-13(6-2)18-16(20)11(3)19-12(4)17-14-9-7-8-10-15(14)19/h11,13H,5-10H2,1-4H3,(H,18,20). The van der Waals surface area contributed by atoms with Crippen LogP contribution in [-0.2, 0) is 17.6 Å². The molecule has 1 N–H and O–H groups in total. The average molecular weight is 277 g/mol. The number of carbonyl (C=O) groups excluding carboxylic acids is 1. The third kappa shape index (κ3) is 2.89. The molecule has 0 bridgehead atoms. The average Bonchev–Trinajstić information content (AvgIpc) is 2.79. The van der Waals surface area contributed by atoms with Gasteiger partial charge in [0.05, 0.1) is 5.69 Å². The van der Waals surface area contributed by atoms with Crippen molar-refractivity contribution < 1.29 is 4.79 Å². The Balaban J connectivity index is 2.18. The molecule has 1 atom stereocenters. The monoisotopic (exact) mass is 277 g/mol. The summed E-state index contributed by atoms with van der Waals surface area (Å²) in [6.07, 6.45) is 6.51. The summed E-state index contributed by atoms with van der Waals surface area (Å²) in [5.74, 6) is 1.09. The molecule has 0 saturated heterocycles. The molecule has 1 unspecified atom stereocenters. The van der Waals surface area contributed by atoms with Crippen LogP contribution in [0.3, 0.4) is 0 Å². The van der Waals surface area contributed by atoms with E-state index in [9.17, 15) is 4.79 Å². The smallest absolute Gasteiger partial charge is 0.243 e. The molecule has 0 radical (unpaired) electrons. The van der Waals surface area contributed by atoms with E-state index in [4.69, 9.17) is 0 Å². The van der Waals surface area contributed by atoms with Crippen molar-refractivity contribution in [3.05, 3.63) is 17.2 Å². The minimum atomic E-state index is -0.162. The van der Waals surface area contributed by atoms with Gasteiger partial charge < -0.3 is 9.88 Å². The maximum absolute atomic E-state index is 12.4. The van der Waals surface area contributed by atoms with Crippen LogP contribution in [-0.4, -0.2) is 21.5 Å². The Bertz CT molecular complexity index is 474. The maximum Gasteiger partial charge on any atom is 0.243 e. The predicted molar refractivity (Wildman–Crippen MR) is 80.8 cm³/mol. The van der Waals surface area contributed by atoms with Gasteiger partial charge in [0.25, 0.3) is 0 Å². The van der Waals surface area contributed by atoms with Gasteiger partial charge in [-0.15, -0.1) is 0 Å². The Morgan fingerprint density at radius 2 is 1.95 bits per heavy atom. The van der Waals surface area contributed by atoms with Crippen molar-refractivity contribution in [2.45, 2.75) is 78.3 Å². The van der Waals surface area contributed by atoms with Crippen molar-refractivity contribution in [2.24, 2.45) is 0 Å². The normalized spacial score (nSPS) is 16.1. The fraction of sp³-hybridized carbons (Fsp3) is 0.750. The SMILES string of the molecule is CCC(CC)NC(=O)C(C)n1c(C)nc2c1CCCC2. The van der Waals surface area contributed by atoms with Gasteiger partial charge >= 0.3 is 0 Å². The van der Waals surface area contributed by atoms with Crippen molar-refractivity contribution in [3.8, 4) is 0 Å². The van der Waals surface area contributed by atoms with Crippen LogP contribution >= 0.6 is 0 Å². The zero-order valence-corrected chi connectivity index (χ0v) is 13.2. The van der Waals surface area contributed by atoms with Crippen molar-refractivity contribution in [1.29, 1.82) is 0 Å². The number of nitrogens with zero attached hydrogens (tertiary/aromatic N) is 2. The van der Waals surface area contributed by atoms with Gasteiger partial charge in [0.15, 0.2) is 0 Å². The summed E-state index contributed by atoms with van der Waals surface area (Å²) in [6.45, 7) is 8.23. The van der Waals surface area contributed by atoms with Crippen molar-refractivity contribution in [3.63, 3.8) is 0 Å². The Kier molecular flexibility index (Phi) is 4.84. The van der Waals surface area contributed by atoms with Gasteiger partial charge in [-0.2, -0.15) is 0 Å². The first-order chi connectivity index (χ1) is 9.58. The second-order valence-electron chi connectivity index (χ2n) is 5.83. The Morgan fingerprint density at radius 3 is 2.60 bits per heavy atom. The highest BCUT2D eigenvalue weighted by molar-refractivity contribution is 5.80. The van der Waals surface area contributed by atoms with Crippen LogP contribution in [0.1, 0.15) is 69.7 Å². The van der Waals surface area contributed by atoms with E-state index in [-0.39, 0.29) is 18.0 Å². The van der Waals surface area contributed by atoms with Gasteiger partial charge in [-0.3, -0.25) is 4.79 Å². The highest BCUT2D eigenvalue weighted by Crippen LogP contribution is 2.25. The Labute approximate surface area is 122 Å². The molecule has 0 aromatic carbocycles. The van der Waals surface area contributed by atoms with E-state index in [1.54, 1.807) is 0 Å². The van der Waals surface area contributed by atoms with Gasteiger partial charge in [-0.05, 0) is 52.4 Å². The quantitative estimate of drug-likeness (QED) is 0.899. The molecule has 2 rings (SSSR count). The van der Waals surface area contributed by atoms with Crippen molar-refractivity contribution >= 4 is 5.91 Å². The lowest BCUT2D eigenvalue weighted by Gasteiger charge is -2.23. The highest BCUT2D eigenvalue weighted by atomic mass is 16.2. The maximum atomic E-state index is 12.4. The second-order valence-corrected chi connectivity index (χ2v) is 5.83. The molecular formula is C16H27N3O. The Morgan fingerprint density at radius 1 is 1.30 bits per heavy atom. The molecule has 0 saturated carbocycles. The summed E-state index contributed by atoms with van der Waals surface area (Å²) in [6, 6.07) is 0.120. The van der Waals surface area contributed by atoms with E-state index >= 15 is 0 Å². The summed E-state index contributed by atoms with van der Waals surface area (Å²) in [5.41, 5.74) is 2.48.